The van der Waals surface area contributed by atoms with E-state index in [0.29, 0.717) is 19.4 Å². The quantitative estimate of drug-likeness (QED) is 0.556. The van der Waals surface area contributed by atoms with Crippen LogP contribution in [0.25, 0.3) is 10.9 Å². The minimum atomic E-state index is -0.303. The molecule has 0 radical (unpaired) electrons. The van der Waals surface area contributed by atoms with E-state index in [-0.39, 0.29) is 30.3 Å². The van der Waals surface area contributed by atoms with Gasteiger partial charge in [-0.2, -0.15) is 0 Å². The van der Waals surface area contributed by atoms with Crippen LogP contribution in [0.4, 0.5) is 4.39 Å². The highest BCUT2D eigenvalue weighted by molar-refractivity contribution is 5.98. The van der Waals surface area contributed by atoms with E-state index in [2.05, 4.69) is 10.3 Å². The number of methoxy groups -OCH3 is 1. The number of nitrogens with one attached hydrogen (secondary N) is 2. The number of rotatable bonds is 9. The fraction of sp³-hybridized carbons (Fsp3) is 0.273. The Bertz CT molecular complexity index is 964. The molecule has 0 saturated heterocycles. The molecule has 3 aromatic rings. The predicted molar refractivity (Wildman–Crippen MR) is 106 cm³/mol. The van der Waals surface area contributed by atoms with Crippen LogP contribution < -0.4 is 10.1 Å². The van der Waals surface area contributed by atoms with Crippen LogP contribution >= 0.6 is 0 Å². The molecular weight excluding hydrogens is 359 g/mol. The van der Waals surface area contributed by atoms with Crippen LogP contribution in [0.2, 0.25) is 0 Å². The van der Waals surface area contributed by atoms with E-state index in [1.165, 1.54) is 12.1 Å². The van der Waals surface area contributed by atoms with E-state index in [1.54, 1.807) is 19.2 Å². The van der Waals surface area contributed by atoms with Crippen molar-refractivity contribution in [2.75, 3.05) is 13.7 Å². The molecule has 0 aliphatic carbocycles. The molecule has 2 N–H and O–H groups in total. The molecule has 0 atom stereocenters. The molecule has 5 nitrogen and oxygen atoms in total. The summed E-state index contributed by atoms with van der Waals surface area (Å²) in [5.41, 5.74) is 2.97. The van der Waals surface area contributed by atoms with Crippen molar-refractivity contribution in [2.45, 2.75) is 25.7 Å². The Kier molecular flexibility index (Phi) is 6.42. The monoisotopic (exact) mass is 382 g/mol. The Hall–Kier alpha value is -3.15. The van der Waals surface area contributed by atoms with Crippen molar-refractivity contribution >= 4 is 22.6 Å². The van der Waals surface area contributed by atoms with Crippen LogP contribution in [-0.2, 0) is 22.4 Å². The SMILES string of the molecule is COc1ccc2[nH]cc(CCNC(=O)CC(=O)CCc3ccc(F)cc3)c2c1. The molecule has 0 saturated carbocycles. The summed E-state index contributed by atoms with van der Waals surface area (Å²) in [6.45, 7) is 0.453. The number of amides is 1. The van der Waals surface area contributed by atoms with Crippen molar-refractivity contribution in [3.05, 3.63) is 65.6 Å². The van der Waals surface area contributed by atoms with E-state index in [1.807, 2.05) is 24.4 Å². The van der Waals surface area contributed by atoms with Gasteiger partial charge in [0.15, 0.2) is 0 Å². The average Bonchev–Trinajstić information content (AvgIpc) is 3.09. The van der Waals surface area contributed by atoms with Crippen molar-refractivity contribution in [3.63, 3.8) is 0 Å². The first-order chi connectivity index (χ1) is 13.5. The topological polar surface area (TPSA) is 71.2 Å². The molecule has 1 amide bonds. The third kappa shape index (κ3) is 5.19. The second kappa shape index (κ2) is 9.17. The highest BCUT2D eigenvalue weighted by Gasteiger charge is 2.10. The fourth-order valence-corrected chi connectivity index (χ4v) is 3.09. The number of Topliss-reactive ketones (excluding diaryl/α,β-unsaturated/α-hetero) is 1. The highest BCUT2D eigenvalue weighted by atomic mass is 19.1. The second-order valence-corrected chi connectivity index (χ2v) is 6.67. The van der Waals surface area contributed by atoms with Crippen molar-refractivity contribution < 1.29 is 18.7 Å². The number of ketones is 1. The van der Waals surface area contributed by atoms with Gasteiger partial charge in [-0.3, -0.25) is 9.59 Å². The van der Waals surface area contributed by atoms with E-state index in [4.69, 9.17) is 4.74 Å². The van der Waals surface area contributed by atoms with E-state index in [0.717, 1.165) is 27.8 Å². The maximum Gasteiger partial charge on any atom is 0.227 e. The number of aryl methyl sites for hydroxylation is 1. The zero-order chi connectivity index (χ0) is 19.9. The van der Waals surface area contributed by atoms with Gasteiger partial charge in [-0.05, 0) is 54.3 Å². The molecule has 0 bridgehead atoms. The maximum absolute atomic E-state index is 12.9. The molecule has 0 aliphatic rings. The second-order valence-electron chi connectivity index (χ2n) is 6.67. The van der Waals surface area contributed by atoms with Gasteiger partial charge in [-0.1, -0.05) is 12.1 Å². The number of aromatic amines is 1. The number of ether oxygens (including phenoxy) is 1. The normalized spacial score (nSPS) is 10.8. The molecule has 0 unspecified atom stereocenters. The standard InChI is InChI=1S/C22H23FN2O3/c1-28-19-8-9-21-20(13-19)16(14-25-21)10-11-24-22(27)12-18(26)7-4-15-2-5-17(23)6-3-15/h2-3,5-6,8-9,13-14,25H,4,7,10-12H2,1H3,(H,24,27). The molecule has 1 aromatic heterocycles. The van der Waals surface area contributed by atoms with E-state index >= 15 is 0 Å². The van der Waals surface area contributed by atoms with Crippen molar-refractivity contribution in [1.82, 2.24) is 10.3 Å². The van der Waals surface area contributed by atoms with Crippen LogP contribution in [0.15, 0.2) is 48.7 Å². The molecular formula is C22H23FN2O3. The maximum atomic E-state index is 12.9. The van der Waals surface area contributed by atoms with Gasteiger partial charge < -0.3 is 15.0 Å². The number of H-pyrrole nitrogens is 1. The van der Waals surface area contributed by atoms with Crippen LogP contribution in [-0.4, -0.2) is 30.3 Å². The zero-order valence-electron chi connectivity index (χ0n) is 15.8. The van der Waals surface area contributed by atoms with Gasteiger partial charge in [0.2, 0.25) is 5.91 Å². The first kappa shape index (κ1) is 19.6. The number of aromatic nitrogens is 1. The molecule has 3 rings (SSSR count). The zero-order valence-corrected chi connectivity index (χ0v) is 15.8. The van der Waals surface area contributed by atoms with E-state index in [9.17, 15) is 14.0 Å². The minimum absolute atomic E-state index is 0.126. The molecule has 6 heteroatoms. The lowest BCUT2D eigenvalue weighted by atomic mass is 10.1. The summed E-state index contributed by atoms with van der Waals surface area (Å²) in [5.74, 6) is 0.0763. The number of halogens is 1. The van der Waals surface area contributed by atoms with E-state index < -0.39 is 0 Å². The summed E-state index contributed by atoms with van der Waals surface area (Å²) in [6, 6.07) is 11.8. The van der Waals surface area contributed by atoms with Gasteiger partial charge in [-0.15, -0.1) is 0 Å². The van der Waals surface area contributed by atoms with Gasteiger partial charge in [0.05, 0.1) is 13.5 Å². The Labute approximate surface area is 162 Å². The molecule has 146 valence electrons. The fourth-order valence-electron chi connectivity index (χ4n) is 3.09. The minimum Gasteiger partial charge on any atom is -0.497 e. The largest absolute Gasteiger partial charge is 0.497 e. The Morgan fingerprint density at radius 2 is 1.89 bits per heavy atom. The number of hydrogen-bond acceptors (Lipinski definition) is 3. The number of fused-ring (bicyclic) bond motifs is 1. The van der Waals surface area contributed by atoms with Crippen molar-refractivity contribution in [1.29, 1.82) is 0 Å². The smallest absolute Gasteiger partial charge is 0.227 e. The lowest BCUT2D eigenvalue weighted by Crippen LogP contribution is -2.27. The molecule has 0 fully saturated rings. The van der Waals surface area contributed by atoms with Crippen molar-refractivity contribution in [3.8, 4) is 5.75 Å². The summed E-state index contributed by atoms with van der Waals surface area (Å²) < 4.78 is 18.1. The lowest BCUT2D eigenvalue weighted by Gasteiger charge is -2.06. The van der Waals surface area contributed by atoms with Crippen LogP contribution in [0.1, 0.15) is 24.0 Å². The average molecular weight is 382 g/mol. The number of hydrogen-bond donors (Lipinski definition) is 2. The summed E-state index contributed by atoms with van der Waals surface area (Å²) >= 11 is 0. The van der Waals surface area contributed by atoms with Gasteiger partial charge >= 0.3 is 0 Å². The molecule has 0 spiro atoms. The Morgan fingerprint density at radius 1 is 1.11 bits per heavy atom. The summed E-state index contributed by atoms with van der Waals surface area (Å²) in [7, 11) is 1.63. The number of carbonyl (C=O) groups excluding carboxylic acids is 2. The van der Waals surface area contributed by atoms with Crippen LogP contribution in [0, 0.1) is 5.82 Å². The molecule has 1 heterocycles. The Morgan fingerprint density at radius 3 is 2.64 bits per heavy atom. The predicted octanol–water partition coefficient (Wildman–Crippen LogP) is 3.57. The van der Waals surface area contributed by atoms with Crippen LogP contribution in [0.5, 0.6) is 5.75 Å². The summed E-state index contributed by atoms with van der Waals surface area (Å²) in [5, 5.41) is 3.86. The first-order valence-corrected chi connectivity index (χ1v) is 9.22. The molecule has 28 heavy (non-hydrogen) atoms. The van der Waals surface area contributed by atoms with Crippen molar-refractivity contribution in [2.24, 2.45) is 0 Å². The van der Waals surface area contributed by atoms with Gasteiger partial charge in [0, 0.05) is 30.1 Å². The molecule has 0 aliphatic heterocycles. The van der Waals surface area contributed by atoms with Gasteiger partial charge in [0.1, 0.15) is 17.3 Å². The first-order valence-electron chi connectivity index (χ1n) is 9.22. The third-order valence-electron chi connectivity index (χ3n) is 4.65. The van der Waals surface area contributed by atoms with Gasteiger partial charge in [0.25, 0.3) is 0 Å². The molecule has 2 aromatic carbocycles. The summed E-state index contributed by atoms with van der Waals surface area (Å²) in [4.78, 5) is 27.2. The lowest BCUT2D eigenvalue weighted by molar-refractivity contribution is -0.128. The highest BCUT2D eigenvalue weighted by Crippen LogP contribution is 2.23. The van der Waals surface area contributed by atoms with Gasteiger partial charge in [-0.25, -0.2) is 4.39 Å². The van der Waals surface area contributed by atoms with Crippen LogP contribution in [0.3, 0.4) is 0 Å². The number of benzene rings is 2. The number of carbonyl (C=O) groups is 2. The summed E-state index contributed by atoms with van der Waals surface area (Å²) in [6.07, 6.45) is 3.21. The Balaban J connectivity index is 1.43. The third-order valence-corrected chi connectivity index (χ3v) is 4.65.